The number of carbonyl (C=O) groups is 1. The molecule has 2 aromatic carbocycles. The van der Waals surface area contributed by atoms with Crippen molar-refractivity contribution in [2.45, 2.75) is 12.8 Å². The van der Waals surface area contributed by atoms with E-state index in [9.17, 15) is 18.4 Å². The number of carbonyl (C=O) groups excluding carboxylic acids is 1. The molecule has 2 N–H and O–H groups in total. The van der Waals surface area contributed by atoms with Crippen molar-refractivity contribution in [3.63, 3.8) is 0 Å². The molecule has 8 nitrogen and oxygen atoms in total. The second-order valence-corrected chi connectivity index (χ2v) is 6.04. The van der Waals surface area contributed by atoms with Gasteiger partial charge in [-0.05, 0) is 53.1 Å². The number of anilines is 2. The van der Waals surface area contributed by atoms with Gasteiger partial charge in [-0.15, -0.1) is 4.68 Å². The van der Waals surface area contributed by atoms with Gasteiger partial charge in [0.2, 0.25) is 0 Å². The molecular weight excluding hydrogens is 358 g/mol. The first-order valence-corrected chi connectivity index (χ1v) is 8.17. The number of fused-ring (bicyclic) bond motifs is 1. The van der Waals surface area contributed by atoms with Crippen molar-refractivity contribution in [3.8, 4) is 5.69 Å². The third-order valence-corrected chi connectivity index (χ3v) is 4.43. The highest BCUT2D eigenvalue weighted by atomic mass is 19.1. The Morgan fingerprint density at radius 3 is 2.52 bits per heavy atom. The first kappa shape index (κ1) is 16.9. The number of nitrogens with two attached hydrogens (primary N) is 1. The Labute approximate surface area is 151 Å². The molecule has 0 unspecified atom stereocenters. The molecule has 0 radical (unpaired) electrons. The maximum Gasteiger partial charge on any atom is 0.377 e. The van der Waals surface area contributed by atoms with Gasteiger partial charge in [-0.3, -0.25) is 4.90 Å². The van der Waals surface area contributed by atoms with Crippen LogP contribution in [0.2, 0.25) is 0 Å². The number of tetrazole rings is 1. The van der Waals surface area contributed by atoms with Crippen LogP contribution in [0.4, 0.5) is 25.0 Å². The molecule has 0 fully saturated rings. The minimum atomic E-state index is -1.07. The van der Waals surface area contributed by atoms with Crippen molar-refractivity contribution in [1.29, 1.82) is 0 Å². The van der Waals surface area contributed by atoms with Crippen LogP contribution in [0.25, 0.3) is 5.69 Å². The van der Waals surface area contributed by atoms with Gasteiger partial charge in [-0.2, -0.15) is 4.68 Å². The summed E-state index contributed by atoms with van der Waals surface area (Å²) in [6, 6.07) is 7.50. The molecule has 0 bridgehead atoms. The molecule has 3 aromatic rings. The van der Waals surface area contributed by atoms with E-state index in [1.54, 1.807) is 18.2 Å². The number of benzene rings is 2. The number of rotatable bonds is 1. The lowest BCUT2D eigenvalue weighted by Gasteiger charge is -2.29. The first-order valence-electron chi connectivity index (χ1n) is 8.17. The van der Waals surface area contributed by atoms with Crippen molar-refractivity contribution in [2.24, 2.45) is 0 Å². The molecule has 4 rings (SSSR count). The van der Waals surface area contributed by atoms with Gasteiger partial charge in [0.05, 0.1) is 5.69 Å². The van der Waals surface area contributed by atoms with Crippen molar-refractivity contribution in [2.75, 3.05) is 17.2 Å². The predicted molar refractivity (Wildman–Crippen MR) is 92.9 cm³/mol. The number of hydrogen-bond donors (Lipinski definition) is 1. The van der Waals surface area contributed by atoms with E-state index in [1.165, 1.54) is 4.90 Å². The highest BCUT2D eigenvalue weighted by Crippen LogP contribution is 2.31. The second kappa shape index (κ2) is 6.31. The van der Waals surface area contributed by atoms with Crippen molar-refractivity contribution < 1.29 is 13.6 Å². The van der Waals surface area contributed by atoms with Crippen molar-refractivity contribution in [3.05, 3.63) is 64.1 Å². The fourth-order valence-electron chi connectivity index (χ4n) is 3.16. The van der Waals surface area contributed by atoms with Crippen LogP contribution in [0.5, 0.6) is 0 Å². The lowest BCUT2D eigenvalue weighted by Crippen LogP contribution is -2.43. The van der Waals surface area contributed by atoms with E-state index in [0.29, 0.717) is 40.1 Å². The van der Waals surface area contributed by atoms with E-state index in [-0.39, 0.29) is 0 Å². The zero-order valence-electron chi connectivity index (χ0n) is 14.0. The summed E-state index contributed by atoms with van der Waals surface area (Å²) in [5.41, 5.74) is 6.13. The van der Waals surface area contributed by atoms with Crippen LogP contribution in [0.15, 0.2) is 41.2 Å². The Bertz CT molecular complexity index is 1090. The van der Waals surface area contributed by atoms with Gasteiger partial charge in [0.1, 0.15) is 5.69 Å². The third kappa shape index (κ3) is 2.65. The van der Waals surface area contributed by atoms with Crippen LogP contribution in [0.1, 0.15) is 12.0 Å². The molecule has 138 valence electrons. The summed E-state index contributed by atoms with van der Waals surface area (Å²) in [4.78, 5) is 26.7. The van der Waals surface area contributed by atoms with Crippen molar-refractivity contribution in [1.82, 2.24) is 19.8 Å². The standard InChI is InChI=1S/C17H14F2N6O2/c18-11-5-1-6-12(19)15(11)24-17(27)25(22-21-24)16(26)23-9-3-4-10-13(20)7-2-8-14(10)23/h1-2,5-8H,3-4,9,20H2. The average Bonchev–Trinajstić information content (AvgIpc) is 3.02. The molecule has 0 saturated carbocycles. The number of nitrogen functional groups attached to an aromatic ring is 1. The predicted octanol–water partition coefficient (Wildman–Crippen LogP) is 1.71. The SMILES string of the molecule is Nc1cccc2c1CCCN2C(=O)n1nnn(-c2c(F)cccc2F)c1=O. The fourth-order valence-corrected chi connectivity index (χ4v) is 3.16. The van der Waals surface area contributed by atoms with Gasteiger partial charge in [-0.25, -0.2) is 18.4 Å². The van der Waals surface area contributed by atoms with E-state index >= 15 is 0 Å². The Morgan fingerprint density at radius 2 is 1.78 bits per heavy atom. The Hall–Kier alpha value is -3.56. The Kier molecular flexibility index (Phi) is 3.94. The summed E-state index contributed by atoms with van der Waals surface area (Å²) in [6.45, 7) is 0.350. The smallest absolute Gasteiger partial charge is 0.377 e. The Balaban J connectivity index is 1.77. The fraction of sp³-hybridized carbons (Fsp3) is 0.176. The van der Waals surface area contributed by atoms with Crippen molar-refractivity contribution >= 4 is 17.4 Å². The van der Waals surface area contributed by atoms with Gasteiger partial charge in [0.15, 0.2) is 11.6 Å². The molecule has 0 saturated heterocycles. The van der Waals surface area contributed by atoms with Crippen LogP contribution < -0.4 is 16.3 Å². The minimum Gasteiger partial charge on any atom is -0.398 e. The highest BCUT2D eigenvalue weighted by molar-refractivity contribution is 5.95. The summed E-state index contributed by atoms with van der Waals surface area (Å²) in [7, 11) is 0. The monoisotopic (exact) mass is 372 g/mol. The topological polar surface area (TPSA) is 99.0 Å². The second-order valence-electron chi connectivity index (χ2n) is 6.04. The van der Waals surface area contributed by atoms with Crippen LogP contribution in [0.3, 0.4) is 0 Å². The zero-order chi connectivity index (χ0) is 19.1. The maximum absolute atomic E-state index is 13.9. The number of aromatic nitrogens is 4. The molecule has 0 aliphatic carbocycles. The highest BCUT2D eigenvalue weighted by Gasteiger charge is 2.28. The molecule has 10 heteroatoms. The lowest BCUT2D eigenvalue weighted by molar-refractivity contribution is 0.243. The van der Waals surface area contributed by atoms with Gasteiger partial charge in [0.25, 0.3) is 0 Å². The van der Waals surface area contributed by atoms with E-state index in [0.717, 1.165) is 23.8 Å². The average molecular weight is 372 g/mol. The van der Waals surface area contributed by atoms with Crippen LogP contribution in [-0.4, -0.2) is 32.4 Å². The molecule has 27 heavy (non-hydrogen) atoms. The molecule has 1 aliphatic heterocycles. The van der Waals surface area contributed by atoms with E-state index in [1.807, 2.05) is 0 Å². The number of halogens is 2. The number of para-hydroxylation sites is 1. The molecular formula is C17H14F2N6O2. The van der Waals surface area contributed by atoms with Crippen LogP contribution in [0, 0.1) is 11.6 Å². The lowest BCUT2D eigenvalue weighted by atomic mass is 10.0. The normalized spacial score (nSPS) is 13.5. The molecule has 0 atom stereocenters. The van der Waals surface area contributed by atoms with Gasteiger partial charge >= 0.3 is 11.7 Å². The van der Waals surface area contributed by atoms with Crippen LogP contribution >= 0.6 is 0 Å². The molecule has 1 amide bonds. The minimum absolute atomic E-state index is 0.350. The largest absolute Gasteiger partial charge is 0.398 e. The van der Waals surface area contributed by atoms with Gasteiger partial charge < -0.3 is 5.73 Å². The molecule has 1 aromatic heterocycles. The van der Waals surface area contributed by atoms with E-state index < -0.39 is 29.0 Å². The maximum atomic E-state index is 13.9. The number of hydrogen-bond acceptors (Lipinski definition) is 5. The third-order valence-electron chi connectivity index (χ3n) is 4.43. The molecule has 1 aliphatic rings. The molecule has 0 spiro atoms. The molecule has 2 heterocycles. The number of amides is 1. The summed E-state index contributed by atoms with van der Waals surface area (Å²) in [6.07, 6.45) is 1.35. The summed E-state index contributed by atoms with van der Waals surface area (Å²) in [5.74, 6) is -1.99. The summed E-state index contributed by atoms with van der Waals surface area (Å²) >= 11 is 0. The van der Waals surface area contributed by atoms with E-state index in [2.05, 4.69) is 10.4 Å². The first-order chi connectivity index (χ1) is 13.0. The Morgan fingerprint density at radius 1 is 1.07 bits per heavy atom. The quantitative estimate of drug-likeness (QED) is 0.518. The van der Waals surface area contributed by atoms with Gasteiger partial charge in [0, 0.05) is 12.2 Å². The van der Waals surface area contributed by atoms with Crippen LogP contribution in [-0.2, 0) is 6.42 Å². The summed E-state index contributed by atoms with van der Waals surface area (Å²) in [5, 5.41) is 6.97. The summed E-state index contributed by atoms with van der Waals surface area (Å²) < 4.78 is 28.8. The van der Waals surface area contributed by atoms with Gasteiger partial charge in [-0.1, -0.05) is 12.1 Å². The van der Waals surface area contributed by atoms with E-state index in [4.69, 9.17) is 5.73 Å². The number of nitrogens with zero attached hydrogens (tertiary/aromatic N) is 5. The zero-order valence-corrected chi connectivity index (χ0v) is 14.0.